The average Bonchev–Trinajstić information content (AvgIpc) is 3.48. The van der Waals surface area contributed by atoms with E-state index in [0.29, 0.717) is 37.6 Å². The highest BCUT2D eigenvalue weighted by atomic mass is 32.1. The number of esters is 1. The van der Waals surface area contributed by atoms with Crippen LogP contribution in [-0.2, 0) is 43.2 Å². The first-order valence-corrected chi connectivity index (χ1v) is 20.3. The number of hydrogen-bond acceptors (Lipinski definition) is 9. The molecule has 12 heteroatoms. The van der Waals surface area contributed by atoms with Crippen LogP contribution in [0.15, 0.2) is 41.9 Å². The van der Waals surface area contributed by atoms with Crippen molar-refractivity contribution in [1.29, 1.82) is 0 Å². The number of cyclic esters (lactones) is 1. The Bertz CT molecular complexity index is 2050. The van der Waals surface area contributed by atoms with Gasteiger partial charge in [-0.05, 0) is 80.7 Å². The number of aryl methyl sites for hydroxylation is 1. The first-order chi connectivity index (χ1) is 25.8. The van der Waals surface area contributed by atoms with E-state index < -0.39 is 17.5 Å². The Balaban J connectivity index is 1.33. The number of rotatable bonds is 7. The Kier molecular flexibility index (Phi) is 10.7. The summed E-state index contributed by atoms with van der Waals surface area (Å²) < 4.78 is 14.2. The van der Waals surface area contributed by atoms with E-state index in [-0.39, 0.29) is 48.8 Å². The van der Waals surface area contributed by atoms with Crippen molar-refractivity contribution in [3.63, 3.8) is 0 Å². The van der Waals surface area contributed by atoms with E-state index >= 15 is 0 Å². The van der Waals surface area contributed by atoms with Gasteiger partial charge in [-0.15, -0.1) is 11.3 Å². The highest BCUT2D eigenvalue weighted by Gasteiger charge is 2.53. The largest absolute Gasteiger partial charge is 0.464 e. The molecular weight excluding hydrogens is 701 g/mol. The number of hydrogen-bond donors (Lipinski definition) is 2. The number of methoxy groups -OCH3 is 1. The average molecular weight is 755 g/mol. The molecule has 5 heterocycles. The number of fused-ring (bicyclic) bond motifs is 6. The smallest absolute Gasteiger partial charge is 0.324 e. The fraction of sp³-hybridized carbons (Fsp3) is 0.548. The van der Waals surface area contributed by atoms with Gasteiger partial charge in [0, 0.05) is 71.6 Å². The molecule has 288 valence electrons. The summed E-state index contributed by atoms with van der Waals surface area (Å²) >= 11 is 1.49. The van der Waals surface area contributed by atoms with Crippen molar-refractivity contribution in [1.82, 2.24) is 30.3 Å². The van der Waals surface area contributed by atoms with E-state index in [1.165, 1.54) is 16.3 Å². The van der Waals surface area contributed by atoms with E-state index in [1.54, 1.807) is 7.11 Å². The molecule has 1 saturated heterocycles. The SMILES string of the molecule is CCn1c(-c2cccnc2[C@H](C)OC)c2c3cc(ccc31)-c1csc(n1)C[C@H](NC(=O)[C@@H]1[C@H](C)[C@@H]1C(C)C)C(=O)N1CCC[C@H](N1)C(=O)OCC(C)(C)C2. The maximum atomic E-state index is 14.2. The van der Waals surface area contributed by atoms with Crippen LogP contribution in [0, 0.1) is 29.1 Å². The van der Waals surface area contributed by atoms with Crippen molar-refractivity contribution in [3.05, 3.63) is 58.2 Å². The lowest BCUT2D eigenvalue weighted by Gasteiger charge is -2.35. The molecule has 1 aliphatic carbocycles. The maximum Gasteiger partial charge on any atom is 0.324 e. The van der Waals surface area contributed by atoms with Gasteiger partial charge in [0.05, 0.1) is 34.8 Å². The molecule has 6 bridgehead atoms. The predicted octanol–water partition coefficient (Wildman–Crippen LogP) is 6.74. The Hall–Kier alpha value is -4.13. The number of hydrazine groups is 1. The third-order valence-corrected chi connectivity index (χ3v) is 12.5. The molecule has 1 saturated carbocycles. The number of carbonyl (C=O) groups is 3. The van der Waals surface area contributed by atoms with Crippen LogP contribution in [-0.4, -0.2) is 69.7 Å². The number of nitrogens with one attached hydrogen (secondary N) is 2. The fourth-order valence-corrected chi connectivity index (χ4v) is 9.61. The third kappa shape index (κ3) is 7.32. The maximum absolute atomic E-state index is 14.2. The molecule has 0 unspecified atom stereocenters. The van der Waals surface area contributed by atoms with Crippen molar-refractivity contribution >= 4 is 40.0 Å². The topological polar surface area (TPSA) is 128 Å². The zero-order valence-electron chi connectivity index (χ0n) is 32.8. The number of ether oxygens (including phenoxy) is 2. The quantitative estimate of drug-likeness (QED) is 0.199. The summed E-state index contributed by atoms with van der Waals surface area (Å²) in [5.41, 5.74) is 9.70. The number of amides is 2. The van der Waals surface area contributed by atoms with E-state index in [9.17, 15) is 14.4 Å². The zero-order chi connectivity index (χ0) is 38.5. The van der Waals surface area contributed by atoms with Crippen LogP contribution < -0.4 is 10.7 Å². The molecule has 6 atom stereocenters. The second-order valence-electron chi connectivity index (χ2n) is 16.5. The van der Waals surface area contributed by atoms with Crippen LogP contribution in [0.4, 0.5) is 0 Å². The summed E-state index contributed by atoms with van der Waals surface area (Å²) in [4.78, 5) is 51.4. The minimum Gasteiger partial charge on any atom is -0.464 e. The van der Waals surface area contributed by atoms with Crippen LogP contribution in [0.5, 0.6) is 0 Å². The van der Waals surface area contributed by atoms with Gasteiger partial charge in [0.2, 0.25) is 5.91 Å². The van der Waals surface area contributed by atoms with E-state index in [1.807, 2.05) is 24.6 Å². The molecule has 2 amide bonds. The molecule has 54 heavy (non-hydrogen) atoms. The van der Waals surface area contributed by atoms with Crippen molar-refractivity contribution in [2.24, 2.45) is 29.1 Å². The summed E-state index contributed by atoms with van der Waals surface area (Å²) in [5, 5.41) is 8.52. The second-order valence-corrected chi connectivity index (χ2v) is 17.4. The van der Waals surface area contributed by atoms with Gasteiger partial charge in [0.15, 0.2) is 0 Å². The normalized spacial score (nSPS) is 25.0. The molecular formula is C42H54N6O5S. The fourth-order valence-electron chi connectivity index (χ4n) is 8.76. The van der Waals surface area contributed by atoms with Gasteiger partial charge in [0.25, 0.3) is 5.91 Å². The number of thiazole rings is 1. The summed E-state index contributed by atoms with van der Waals surface area (Å²) in [6.07, 6.45) is 3.64. The molecule has 2 aliphatic heterocycles. The number of benzene rings is 1. The van der Waals surface area contributed by atoms with Crippen LogP contribution in [0.25, 0.3) is 33.4 Å². The van der Waals surface area contributed by atoms with E-state index in [4.69, 9.17) is 19.4 Å². The molecule has 11 nitrogen and oxygen atoms in total. The standard InChI is InChI=1S/C42H54N6O5S/c1-9-47-33-15-14-26-18-28(33)29(38(47)27-12-10-16-43-37(27)25(5)52-8)20-42(6,7)22-53-41(51)30-13-11-17-48(46-30)40(50)31(19-34-44-32(26)21-54-34)45-39(49)36-24(4)35(36)23(2)3/h10,12,14-16,18,21,23-25,30-31,35-36,46H,9,11,13,17,19-20,22H2,1-8H3,(H,45,49)/t24-,25+,30+,31+,35+,36-/m1/s1. The van der Waals surface area contributed by atoms with Crippen LogP contribution in [0.3, 0.4) is 0 Å². The predicted molar refractivity (Wildman–Crippen MR) is 210 cm³/mol. The van der Waals surface area contributed by atoms with Gasteiger partial charge in [-0.25, -0.2) is 10.4 Å². The van der Waals surface area contributed by atoms with E-state index in [0.717, 1.165) is 56.2 Å². The van der Waals surface area contributed by atoms with Gasteiger partial charge in [0.1, 0.15) is 12.1 Å². The number of carbonyl (C=O) groups excluding carboxylic acids is 3. The van der Waals surface area contributed by atoms with E-state index in [2.05, 4.69) is 81.1 Å². The Labute approximate surface area is 322 Å². The van der Waals surface area contributed by atoms with Crippen LogP contribution in [0.2, 0.25) is 0 Å². The molecule has 2 N–H and O–H groups in total. The van der Waals surface area contributed by atoms with Crippen molar-refractivity contribution in [3.8, 4) is 22.5 Å². The minimum atomic E-state index is -0.837. The summed E-state index contributed by atoms with van der Waals surface area (Å²) in [5.74, 6) is 0.0455. The molecule has 3 aliphatic rings. The zero-order valence-corrected chi connectivity index (χ0v) is 33.6. The Morgan fingerprint density at radius 1 is 1.20 bits per heavy atom. The van der Waals surface area contributed by atoms with Crippen molar-refractivity contribution < 1.29 is 23.9 Å². The molecule has 0 spiro atoms. The number of pyridine rings is 1. The second kappa shape index (κ2) is 15.2. The lowest BCUT2D eigenvalue weighted by atomic mass is 9.84. The van der Waals surface area contributed by atoms with Gasteiger partial charge < -0.3 is 19.4 Å². The Morgan fingerprint density at radius 3 is 2.72 bits per heavy atom. The summed E-state index contributed by atoms with van der Waals surface area (Å²) in [7, 11) is 1.70. The lowest BCUT2D eigenvalue weighted by molar-refractivity contribution is -0.155. The minimum absolute atomic E-state index is 0.0976. The first-order valence-electron chi connectivity index (χ1n) is 19.4. The number of aromatic nitrogens is 3. The molecule has 1 aromatic carbocycles. The highest BCUT2D eigenvalue weighted by molar-refractivity contribution is 7.10. The van der Waals surface area contributed by atoms with Gasteiger partial charge in [-0.3, -0.25) is 24.4 Å². The third-order valence-electron chi connectivity index (χ3n) is 11.7. The van der Waals surface area contributed by atoms with Gasteiger partial charge in [-0.1, -0.05) is 40.7 Å². The lowest BCUT2D eigenvalue weighted by Crippen LogP contribution is -2.60. The van der Waals surface area contributed by atoms with Crippen molar-refractivity contribution in [2.75, 3.05) is 20.3 Å². The highest BCUT2D eigenvalue weighted by Crippen LogP contribution is 2.50. The van der Waals surface area contributed by atoms with Crippen LogP contribution in [0.1, 0.15) is 83.7 Å². The van der Waals surface area contributed by atoms with Gasteiger partial charge in [-0.2, -0.15) is 0 Å². The number of nitrogens with zero attached hydrogens (tertiary/aromatic N) is 4. The first kappa shape index (κ1) is 38.2. The molecule has 7 rings (SSSR count). The molecule has 3 aromatic heterocycles. The molecule has 2 fully saturated rings. The Morgan fingerprint density at radius 2 is 2.00 bits per heavy atom. The van der Waals surface area contributed by atoms with Crippen molar-refractivity contribution in [2.45, 2.75) is 98.9 Å². The van der Waals surface area contributed by atoms with Crippen LogP contribution >= 0.6 is 11.3 Å². The molecule has 0 radical (unpaired) electrons. The summed E-state index contributed by atoms with van der Waals surface area (Å²) in [6.45, 7) is 16.2. The van der Waals surface area contributed by atoms with Gasteiger partial charge >= 0.3 is 5.97 Å². The monoisotopic (exact) mass is 754 g/mol. The summed E-state index contributed by atoms with van der Waals surface area (Å²) in [6, 6.07) is 9.05. The molecule has 4 aromatic rings.